The lowest BCUT2D eigenvalue weighted by Crippen LogP contribution is -2.49. The van der Waals surface area contributed by atoms with Gasteiger partial charge in [0.15, 0.2) is 11.7 Å². The van der Waals surface area contributed by atoms with Crippen LogP contribution in [-0.2, 0) is 30.6 Å². The van der Waals surface area contributed by atoms with Gasteiger partial charge in [-0.05, 0) is 61.7 Å². The molecule has 4 aromatic rings. The number of aryl methyl sites for hydroxylation is 1. The quantitative estimate of drug-likeness (QED) is 0.0465. The van der Waals surface area contributed by atoms with Crippen LogP contribution in [0.1, 0.15) is 41.9 Å². The molecule has 13 nitrogen and oxygen atoms in total. The fraction of sp³-hybridized carbons (Fsp3) is 0.281. The Kier molecular flexibility index (Phi) is 11.3. The van der Waals surface area contributed by atoms with Gasteiger partial charge in [-0.3, -0.25) is 4.79 Å². The van der Waals surface area contributed by atoms with Crippen molar-refractivity contribution >= 4 is 21.9 Å². The summed E-state index contributed by atoms with van der Waals surface area (Å²) in [6, 6.07) is 19.0. The number of hydrazine groups is 1. The summed E-state index contributed by atoms with van der Waals surface area (Å²) in [5.74, 6) is -1.96. The molecule has 3 aromatic carbocycles. The van der Waals surface area contributed by atoms with Gasteiger partial charge in [0.2, 0.25) is 5.28 Å². The van der Waals surface area contributed by atoms with E-state index in [-0.39, 0.29) is 39.1 Å². The fourth-order valence-electron chi connectivity index (χ4n) is 4.54. The van der Waals surface area contributed by atoms with Crippen LogP contribution in [0, 0.1) is 18.0 Å². The van der Waals surface area contributed by atoms with E-state index in [4.69, 9.17) is 9.57 Å². The second-order valence-corrected chi connectivity index (χ2v) is 12.9. The number of alkyl halides is 3. The minimum absolute atomic E-state index is 0.0245. The molecule has 4 rings (SSSR count). The highest BCUT2D eigenvalue weighted by Gasteiger charge is 2.36. The molecule has 0 radical (unpaired) electrons. The first-order chi connectivity index (χ1) is 23.1. The molecule has 0 saturated carbocycles. The first kappa shape index (κ1) is 36.4. The maximum atomic E-state index is 13.6. The average molecular weight is 703 g/mol. The summed E-state index contributed by atoms with van der Waals surface area (Å²) in [6.07, 6.45) is -4.71. The molecule has 0 fully saturated rings. The first-order valence-electron chi connectivity index (χ1n) is 14.7. The summed E-state index contributed by atoms with van der Waals surface area (Å²) in [5, 5.41) is 20.4. The first-order valence-corrected chi connectivity index (χ1v) is 16.2. The lowest BCUT2D eigenvalue weighted by Gasteiger charge is -2.24. The van der Waals surface area contributed by atoms with Gasteiger partial charge < -0.3 is 14.8 Å². The van der Waals surface area contributed by atoms with Crippen LogP contribution < -0.4 is 4.72 Å². The lowest BCUT2D eigenvalue weighted by atomic mass is 10.0. The Hall–Kier alpha value is -5.45. The normalized spacial score (nSPS) is 12.8. The van der Waals surface area contributed by atoms with Crippen LogP contribution >= 0.6 is 0 Å². The van der Waals surface area contributed by atoms with Gasteiger partial charge in [0.25, 0.3) is 22.7 Å². The molecule has 0 unspecified atom stereocenters. The van der Waals surface area contributed by atoms with E-state index in [1.807, 2.05) is 11.6 Å². The number of hydrogen-bond donors (Lipinski definition) is 1. The number of carbonyl (C=O) groups is 2. The number of sulfonamides is 1. The average Bonchev–Trinajstić information content (AvgIpc) is 3.52. The van der Waals surface area contributed by atoms with Crippen molar-refractivity contribution in [1.82, 2.24) is 19.5 Å². The summed E-state index contributed by atoms with van der Waals surface area (Å²) in [4.78, 5) is 29.5. The number of ether oxygens (including phenoxy) is 1. The van der Waals surface area contributed by atoms with Crippen molar-refractivity contribution in [2.24, 2.45) is 11.2 Å². The lowest BCUT2D eigenvalue weighted by molar-refractivity contribution is -0.711. The highest BCUT2D eigenvalue weighted by Crippen LogP contribution is 2.33. The third-order valence-electron chi connectivity index (χ3n) is 7.07. The molecule has 0 aliphatic carbocycles. The van der Waals surface area contributed by atoms with Crippen LogP contribution in [-0.4, -0.2) is 59.9 Å². The monoisotopic (exact) mass is 702 g/mol. The van der Waals surface area contributed by atoms with E-state index in [9.17, 15) is 36.4 Å². The molecule has 0 aliphatic heterocycles. The zero-order valence-electron chi connectivity index (χ0n) is 26.8. The van der Waals surface area contributed by atoms with Gasteiger partial charge in [0.1, 0.15) is 0 Å². The summed E-state index contributed by atoms with van der Waals surface area (Å²) in [6.45, 7) is 4.61. The van der Waals surface area contributed by atoms with Crippen molar-refractivity contribution in [3.05, 3.63) is 107 Å². The van der Waals surface area contributed by atoms with Crippen LogP contribution in [0.2, 0.25) is 0 Å². The number of amides is 1. The van der Waals surface area contributed by atoms with Gasteiger partial charge in [0.05, 0.1) is 33.9 Å². The highest BCUT2D eigenvalue weighted by molar-refractivity contribution is 7.90. The SMILES string of the molecule is Cc1ccc(-c2cc(C(F)(F)F)nn2-c2ccc(S(=O)(=O)NC(=O)[C@H](CC(C)C)N(C)[N+]([O-])=NOCOC(=O)c3ccccc3)cc2)cc1. The van der Waals surface area contributed by atoms with E-state index in [1.165, 1.54) is 31.3 Å². The molecular formula is C32H33F3N6O7S. The molecule has 1 atom stereocenters. The largest absolute Gasteiger partial charge is 0.569 e. The number of nitrogens with one attached hydrogen (secondary N) is 1. The number of benzene rings is 3. The van der Waals surface area contributed by atoms with E-state index < -0.39 is 46.6 Å². The van der Waals surface area contributed by atoms with Crippen molar-refractivity contribution < 1.29 is 45.7 Å². The number of aromatic nitrogens is 2. The number of rotatable bonds is 13. The zero-order valence-corrected chi connectivity index (χ0v) is 27.6. The molecule has 1 aromatic heterocycles. The van der Waals surface area contributed by atoms with Crippen LogP contribution in [0.5, 0.6) is 0 Å². The minimum atomic E-state index is -4.73. The smallest absolute Gasteiger partial charge is 0.435 e. The maximum absolute atomic E-state index is 13.6. The molecule has 0 saturated heterocycles. The predicted octanol–water partition coefficient (Wildman–Crippen LogP) is 5.64. The molecule has 1 heterocycles. The summed E-state index contributed by atoms with van der Waals surface area (Å²) >= 11 is 0. The molecule has 1 amide bonds. The van der Waals surface area contributed by atoms with Crippen molar-refractivity contribution in [3.63, 3.8) is 0 Å². The number of nitrogens with zero attached hydrogens (tertiary/aromatic N) is 5. The van der Waals surface area contributed by atoms with E-state index in [2.05, 4.69) is 10.4 Å². The van der Waals surface area contributed by atoms with Crippen molar-refractivity contribution in [2.75, 3.05) is 13.8 Å². The summed E-state index contributed by atoms with van der Waals surface area (Å²) in [5.41, 5.74) is 0.724. The zero-order chi connectivity index (χ0) is 35.9. The molecule has 17 heteroatoms. The van der Waals surface area contributed by atoms with Crippen molar-refractivity contribution in [1.29, 1.82) is 0 Å². The summed E-state index contributed by atoms with van der Waals surface area (Å²) in [7, 11) is -3.33. The number of hydrogen-bond acceptors (Lipinski definition) is 9. The van der Waals surface area contributed by atoms with Gasteiger partial charge in [0, 0.05) is 5.56 Å². The van der Waals surface area contributed by atoms with Crippen molar-refractivity contribution in [3.8, 4) is 16.9 Å². The molecule has 49 heavy (non-hydrogen) atoms. The Morgan fingerprint density at radius 1 is 1.04 bits per heavy atom. The van der Waals surface area contributed by atoms with Gasteiger partial charge in [-0.1, -0.05) is 61.9 Å². The Balaban J connectivity index is 1.49. The van der Waals surface area contributed by atoms with E-state index in [1.54, 1.807) is 56.3 Å². The Labute approximate surface area is 280 Å². The van der Waals surface area contributed by atoms with E-state index in [0.717, 1.165) is 33.5 Å². The molecule has 260 valence electrons. The Bertz CT molecular complexity index is 1900. The fourth-order valence-corrected chi connectivity index (χ4v) is 5.55. The third-order valence-corrected chi connectivity index (χ3v) is 8.43. The second kappa shape index (κ2) is 15.2. The number of esters is 1. The van der Waals surface area contributed by atoms with Crippen molar-refractivity contribution in [2.45, 2.75) is 44.3 Å². The molecule has 0 bridgehead atoms. The van der Waals surface area contributed by atoms with Gasteiger partial charge >= 0.3 is 12.1 Å². The van der Waals surface area contributed by atoms with Crippen LogP contribution in [0.15, 0.2) is 95.1 Å². The minimum Gasteiger partial charge on any atom is -0.569 e. The van der Waals surface area contributed by atoms with Crippen LogP contribution in [0.25, 0.3) is 16.9 Å². The van der Waals surface area contributed by atoms with E-state index in [0.29, 0.717) is 5.56 Å². The number of halogens is 3. The van der Waals surface area contributed by atoms with Gasteiger partial charge in [-0.2, -0.15) is 18.3 Å². The standard InChI is InChI=1S/C32H33F3N6O7S/c1-21(2)18-28(39(4)41(44)38-48-20-47-31(43)24-8-6-5-7-9-24)30(42)37-49(45,46)26-16-14-25(15-17-26)40-27(19-29(36-40)32(33,34)35)23-12-10-22(3)11-13-23/h5-17,19,21,28H,18,20H2,1-4H3,(H,37,42)/t28-/m0/s1. The molecule has 0 spiro atoms. The molecule has 1 N–H and O–H groups in total. The maximum Gasteiger partial charge on any atom is 0.435 e. The topological polar surface area (TPSA) is 158 Å². The number of carbonyl (C=O) groups excluding carboxylic acids is 2. The van der Waals surface area contributed by atoms with Crippen LogP contribution in [0.3, 0.4) is 0 Å². The summed E-state index contributed by atoms with van der Waals surface area (Å²) < 4.78 is 75.0. The molecular weight excluding hydrogens is 669 g/mol. The van der Waals surface area contributed by atoms with Crippen LogP contribution in [0.4, 0.5) is 13.2 Å². The molecule has 0 aliphatic rings. The Morgan fingerprint density at radius 2 is 1.67 bits per heavy atom. The van der Waals surface area contributed by atoms with Gasteiger partial charge in [-0.25, -0.2) is 22.6 Å². The second-order valence-electron chi connectivity index (χ2n) is 11.3. The highest BCUT2D eigenvalue weighted by atomic mass is 32.2. The van der Waals surface area contributed by atoms with E-state index >= 15 is 0 Å². The van der Waals surface area contributed by atoms with Gasteiger partial charge in [-0.15, -0.1) is 5.01 Å². The predicted molar refractivity (Wildman–Crippen MR) is 169 cm³/mol. The Morgan fingerprint density at radius 3 is 2.27 bits per heavy atom. The number of likely N-dealkylation sites (N-methyl/N-ethyl adjacent to an activating group) is 1. The third kappa shape index (κ3) is 9.34.